The largest absolute Gasteiger partial charge is 0.486 e. The van der Waals surface area contributed by atoms with Gasteiger partial charge in [0.25, 0.3) is 5.91 Å². The van der Waals surface area contributed by atoms with Crippen molar-refractivity contribution in [1.29, 1.82) is 0 Å². The summed E-state index contributed by atoms with van der Waals surface area (Å²) in [6, 6.07) is 10.4. The molecule has 1 aromatic carbocycles. The number of aromatic amines is 1. The van der Waals surface area contributed by atoms with Crippen molar-refractivity contribution in [3.05, 3.63) is 63.6 Å². The van der Waals surface area contributed by atoms with E-state index in [1.165, 1.54) is 6.07 Å². The predicted molar refractivity (Wildman–Crippen MR) is 110 cm³/mol. The van der Waals surface area contributed by atoms with Gasteiger partial charge in [0.2, 0.25) is 5.56 Å². The van der Waals surface area contributed by atoms with Crippen LogP contribution in [0.5, 0.6) is 5.75 Å². The number of rotatable bonds is 2. The van der Waals surface area contributed by atoms with Crippen molar-refractivity contribution in [1.82, 2.24) is 9.88 Å². The molecule has 0 saturated carbocycles. The molecule has 0 aliphatic carbocycles. The zero-order chi connectivity index (χ0) is 20.6. The first-order valence-electron chi connectivity index (χ1n) is 10.2. The van der Waals surface area contributed by atoms with Crippen LogP contribution in [0.1, 0.15) is 71.9 Å². The van der Waals surface area contributed by atoms with Crippen molar-refractivity contribution in [2.45, 2.75) is 51.0 Å². The topological polar surface area (TPSA) is 79.5 Å². The molecule has 1 spiro atoms. The monoisotopic (exact) mass is 394 g/mol. The van der Waals surface area contributed by atoms with Gasteiger partial charge >= 0.3 is 0 Å². The second kappa shape index (κ2) is 7.50. The number of ketones is 1. The normalized spacial score (nSPS) is 21.6. The van der Waals surface area contributed by atoms with Gasteiger partial charge in [-0.1, -0.05) is 26.0 Å². The Hall–Kier alpha value is -2.89. The third-order valence-electron chi connectivity index (χ3n) is 5.94. The maximum absolute atomic E-state index is 13.2. The van der Waals surface area contributed by atoms with Gasteiger partial charge in [0.1, 0.15) is 11.4 Å². The SMILES string of the molecule is CC(C)c1[nH]c(=O)ccc1C(=O)N1CCCC2(CC1)CC(=O)c1ccccc1O2. The van der Waals surface area contributed by atoms with E-state index < -0.39 is 5.60 Å². The number of nitrogens with zero attached hydrogens (tertiary/aromatic N) is 1. The zero-order valence-corrected chi connectivity index (χ0v) is 16.9. The number of para-hydroxylation sites is 1. The van der Waals surface area contributed by atoms with E-state index in [4.69, 9.17) is 4.74 Å². The van der Waals surface area contributed by atoms with Gasteiger partial charge in [-0.25, -0.2) is 0 Å². The summed E-state index contributed by atoms with van der Waals surface area (Å²) in [5.41, 5.74) is 1.10. The van der Waals surface area contributed by atoms with Crippen LogP contribution in [-0.2, 0) is 0 Å². The fourth-order valence-corrected chi connectivity index (χ4v) is 4.40. The molecule has 2 aliphatic heterocycles. The Morgan fingerprint density at radius 3 is 2.69 bits per heavy atom. The molecule has 1 amide bonds. The number of ether oxygens (including phenoxy) is 1. The van der Waals surface area contributed by atoms with Crippen molar-refractivity contribution in [2.24, 2.45) is 0 Å². The van der Waals surface area contributed by atoms with E-state index in [9.17, 15) is 14.4 Å². The van der Waals surface area contributed by atoms with Crippen molar-refractivity contribution >= 4 is 11.7 Å². The number of H-pyrrole nitrogens is 1. The molecule has 2 aromatic rings. The van der Waals surface area contributed by atoms with Gasteiger partial charge in [0.15, 0.2) is 5.78 Å². The number of pyridine rings is 1. The van der Waals surface area contributed by atoms with E-state index in [0.29, 0.717) is 48.5 Å². The minimum absolute atomic E-state index is 0.0389. The number of benzene rings is 1. The molecule has 29 heavy (non-hydrogen) atoms. The molecule has 1 unspecified atom stereocenters. The predicted octanol–water partition coefficient (Wildman–Crippen LogP) is 3.53. The van der Waals surface area contributed by atoms with E-state index in [0.717, 1.165) is 12.8 Å². The molecular formula is C23H26N2O4. The molecule has 1 aromatic heterocycles. The number of nitrogens with one attached hydrogen (secondary N) is 1. The minimum atomic E-state index is -0.549. The Balaban J connectivity index is 1.55. The van der Waals surface area contributed by atoms with Crippen molar-refractivity contribution < 1.29 is 14.3 Å². The number of hydrogen-bond acceptors (Lipinski definition) is 4. The smallest absolute Gasteiger partial charge is 0.255 e. The number of aromatic nitrogens is 1. The van der Waals surface area contributed by atoms with Gasteiger partial charge in [0.05, 0.1) is 17.5 Å². The second-order valence-electron chi connectivity index (χ2n) is 8.33. The summed E-state index contributed by atoms with van der Waals surface area (Å²) in [6.07, 6.45) is 2.46. The number of carbonyl (C=O) groups excluding carboxylic acids is 2. The Kier molecular flexibility index (Phi) is 5.03. The second-order valence-corrected chi connectivity index (χ2v) is 8.33. The summed E-state index contributed by atoms with van der Waals surface area (Å²) < 4.78 is 6.32. The summed E-state index contributed by atoms with van der Waals surface area (Å²) in [5.74, 6) is 0.710. The molecule has 4 rings (SSSR count). The first-order chi connectivity index (χ1) is 13.9. The maximum atomic E-state index is 13.2. The highest BCUT2D eigenvalue weighted by molar-refractivity contribution is 6.00. The van der Waals surface area contributed by atoms with Crippen LogP contribution in [0.4, 0.5) is 0 Å². The third kappa shape index (κ3) is 3.71. The number of likely N-dealkylation sites (tertiary alicyclic amines) is 1. The maximum Gasteiger partial charge on any atom is 0.255 e. The lowest BCUT2D eigenvalue weighted by Crippen LogP contribution is -2.43. The number of fused-ring (bicyclic) bond motifs is 1. The Morgan fingerprint density at radius 1 is 1.10 bits per heavy atom. The molecule has 6 nitrogen and oxygen atoms in total. The third-order valence-corrected chi connectivity index (χ3v) is 5.94. The van der Waals surface area contributed by atoms with Gasteiger partial charge < -0.3 is 14.6 Å². The van der Waals surface area contributed by atoms with E-state index in [-0.39, 0.29) is 23.2 Å². The number of amides is 1. The molecule has 1 atom stereocenters. The van der Waals surface area contributed by atoms with Crippen LogP contribution in [0.2, 0.25) is 0 Å². The summed E-state index contributed by atoms with van der Waals surface area (Å²) in [6.45, 7) is 5.04. The zero-order valence-electron chi connectivity index (χ0n) is 16.9. The summed E-state index contributed by atoms with van der Waals surface area (Å²) in [5, 5.41) is 0. The van der Waals surface area contributed by atoms with Crippen molar-refractivity contribution in [3.63, 3.8) is 0 Å². The van der Waals surface area contributed by atoms with Gasteiger partial charge in [0, 0.05) is 31.3 Å². The molecule has 6 heteroatoms. The molecular weight excluding hydrogens is 368 g/mol. The minimum Gasteiger partial charge on any atom is -0.486 e. The van der Waals surface area contributed by atoms with Crippen LogP contribution in [0, 0.1) is 0 Å². The van der Waals surface area contributed by atoms with Gasteiger partial charge in [-0.3, -0.25) is 14.4 Å². The molecule has 1 saturated heterocycles. The highest BCUT2D eigenvalue weighted by Gasteiger charge is 2.42. The van der Waals surface area contributed by atoms with Crippen LogP contribution < -0.4 is 10.3 Å². The molecule has 2 aliphatic rings. The van der Waals surface area contributed by atoms with Crippen LogP contribution in [0.15, 0.2) is 41.2 Å². The Bertz CT molecular complexity index is 1010. The summed E-state index contributed by atoms with van der Waals surface area (Å²) in [4.78, 5) is 42.2. The van der Waals surface area contributed by atoms with Crippen LogP contribution in [0.25, 0.3) is 0 Å². The Labute approximate surface area is 169 Å². The summed E-state index contributed by atoms with van der Waals surface area (Å²) >= 11 is 0. The fourth-order valence-electron chi connectivity index (χ4n) is 4.40. The van der Waals surface area contributed by atoms with Crippen LogP contribution >= 0.6 is 0 Å². The quantitative estimate of drug-likeness (QED) is 0.845. The number of carbonyl (C=O) groups is 2. The first kappa shape index (κ1) is 19.4. The standard InChI is InChI=1S/C23H26N2O4/c1-15(2)21-17(8-9-20(27)24-21)22(28)25-12-5-10-23(11-13-25)14-18(26)16-6-3-4-7-19(16)29-23/h3-4,6-9,15H,5,10-14H2,1-2H3,(H,24,27). The lowest BCUT2D eigenvalue weighted by molar-refractivity contribution is 0.0300. The van der Waals surface area contributed by atoms with E-state index in [1.807, 2.05) is 36.9 Å². The van der Waals surface area contributed by atoms with Crippen LogP contribution in [0.3, 0.4) is 0 Å². The molecule has 152 valence electrons. The lowest BCUT2D eigenvalue weighted by atomic mass is 9.84. The molecule has 3 heterocycles. The van der Waals surface area contributed by atoms with E-state index >= 15 is 0 Å². The van der Waals surface area contributed by atoms with Crippen LogP contribution in [-0.4, -0.2) is 40.3 Å². The highest BCUT2D eigenvalue weighted by atomic mass is 16.5. The average Bonchev–Trinajstić information content (AvgIpc) is 2.90. The lowest BCUT2D eigenvalue weighted by Gasteiger charge is -2.37. The van der Waals surface area contributed by atoms with Gasteiger partial charge in [-0.2, -0.15) is 0 Å². The average molecular weight is 394 g/mol. The summed E-state index contributed by atoms with van der Waals surface area (Å²) in [7, 11) is 0. The van der Waals surface area contributed by atoms with Crippen molar-refractivity contribution in [2.75, 3.05) is 13.1 Å². The van der Waals surface area contributed by atoms with E-state index in [1.54, 1.807) is 12.1 Å². The molecule has 0 radical (unpaired) electrons. The molecule has 1 fully saturated rings. The fraction of sp³-hybridized carbons (Fsp3) is 0.435. The van der Waals surface area contributed by atoms with E-state index in [2.05, 4.69) is 4.98 Å². The number of hydrogen-bond donors (Lipinski definition) is 1. The first-order valence-corrected chi connectivity index (χ1v) is 10.2. The van der Waals surface area contributed by atoms with Crippen molar-refractivity contribution in [3.8, 4) is 5.75 Å². The van der Waals surface area contributed by atoms with Gasteiger partial charge in [-0.05, 0) is 37.0 Å². The van der Waals surface area contributed by atoms with Gasteiger partial charge in [-0.15, -0.1) is 0 Å². The number of Topliss-reactive ketones (excluding diaryl/α,β-unsaturated/α-hetero) is 1. The Morgan fingerprint density at radius 2 is 1.90 bits per heavy atom. The highest BCUT2D eigenvalue weighted by Crippen LogP contribution is 2.39. The molecule has 1 N–H and O–H groups in total. The molecule has 0 bridgehead atoms.